The summed E-state index contributed by atoms with van der Waals surface area (Å²) in [5.41, 5.74) is 3.51. The van der Waals surface area contributed by atoms with E-state index in [9.17, 15) is 0 Å². The summed E-state index contributed by atoms with van der Waals surface area (Å²) < 4.78 is 1.09. The van der Waals surface area contributed by atoms with Gasteiger partial charge >= 0.3 is 0 Å². The first kappa shape index (κ1) is 12.0. The highest BCUT2D eigenvalue weighted by molar-refractivity contribution is 9.10. The summed E-state index contributed by atoms with van der Waals surface area (Å²) in [4.78, 5) is 0. The first-order chi connectivity index (χ1) is 8.29. The topological polar surface area (TPSA) is 24.1 Å². The van der Waals surface area contributed by atoms with Crippen LogP contribution in [0.1, 0.15) is 5.56 Å². The Hall–Kier alpha value is -1.48. The molecule has 0 unspecified atom stereocenters. The number of hydrogen-bond donors (Lipinski definition) is 2. The van der Waals surface area contributed by atoms with E-state index >= 15 is 0 Å². The van der Waals surface area contributed by atoms with Crippen molar-refractivity contribution in [2.75, 3.05) is 17.7 Å². The molecule has 0 bridgehead atoms. The molecule has 2 rings (SSSR count). The fourth-order valence-corrected chi connectivity index (χ4v) is 2.06. The van der Waals surface area contributed by atoms with Gasteiger partial charge in [0.15, 0.2) is 0 Å². The van der Waals surface area contributed by atoms with Gasteiger partial charge in [0.05, 0.1) is 0 Å². The molecular weight excluding hydrogens is 276 g/mol. The van der Waals surface area contributed by atoms with E-state index in [4.69, 9.17) is 0 Å². The number of rotatable bonds is 4. The van der Waals surface area contributed by atoms with E-state index in [0.717, 1.165) is 22.4 Å². The third-order valence-corrected chi connectivity index (χ3v) is 3.26. The van der Waals surface area contributed by atoms with Crippen LogP contribution in [0, 0.1) is 0 Å². The molecule has 0 aliphatic carbocycles. The Kier molecular flexibility index (Phi) is 4.04. The molecule has 2 nitrogen and oxygen atoms in total. The van der Waals surface area contributed by atoms with Crippen LogP contribution < -0.4 is 10.6 Å². The van der Waals surface area contributed by atoms with Crippen molar-refractivity contribution < 1.29 is 0 Å². The molecule has 0 saturated heterocycles. The Bertz CT molecular complexity index is 497. The first-order valence-corrected chi connectivity index (χ1v) is 6.34. The predicted molar refractivity (Wildman–Crippen MR) is 77.5 cm³/mol. The van der Waals surface area contributed by atoms with Gasteiger partial charge in [0.25, 0.3) is 0 Å². The van der Waals surface area contributed by atoms with Crippen molar-refractivity contribution >= 4 is 27.3 Å². The van der Waals surface area contributed by atoms with Crippen molar-refractivity contribution in [2.24, 2.45) is 0 Å². The summed E-state index contributed by atoms with van der Waals surface area (Å²) in [7, 11) is 1.93. The molecule has 0 radical (unpaired) electrons. The molecule has 3 heteroatoms. The van der Waals surface area contributed by atoms with Crippen molar-refractivity contribution in [3.63, 3.8) is 0 Å². The molecule has 0 aliphatic heterocycles. The summed E-state index contributed by atoms with van der Waals surface area (Å²) in [6.07, 6.45) is 0. The zero-order valence-electron chi connectivity index (χ0n) is 9.70. The monoisotopic (exact) mass is 290 g/mol. The van der Waals surface area contributed by atoms with Gasteiger partial charge < -0.3 is 10.6 Å². The Morgan fingerprint density at radius 2 is 1.88 bits per heavy atom. The molecule has 88 valence electrons. The molecule has 2 aromatic rings. The molecule has 0 atom stereocenters. The van der Waals surface area contributed by atoms with Crippen LogP contribution >= 0.6 is 15.9 Å². The maximum Gasteiger partial charge on any atom is 0.0487 e. The second kappa shape index (κ2) is 5.73. The third kappa shape index (κ3) is 3.24. The predicted octanol–water partition coefficient (Wildman–Crippen LogP) is 4.10. The summed E-state index contributed by atoms with van der Waals surface area (Å²) in [6, 6.07) is 16.5. The molecule has 0 amide bonds. The van der Waals surface area contributed by atoms with E-state index in [1.54, 1.807) is 0 Å². The smallest absolute Gasteiger partial charge is 0.0487 e. The molecule has 0 heterocycles. The van der Waals surface area contributed by atoms with Crippen LogP contribution in [0.2, 0.25) is 0 Å². The Morgan fingerprint density at radius 3 is 2.65 bits per heavy atom. The SMILES string of the molecule is CNc1cccc(CNc2ccccc2Br)c1. The molecule has 17 heavy (non-hydrogen) atoms. The van der Waals surface area contributed by atoms with Gasteiger partial charge in [0.1, 0.15) is 0 Å². The number of para-hydroxylation sites is 1. The van der Waals surface area contributed by atoms with Crippen molar-refractivity contribution in [2.45, 2.75) is 6.54 Å². The van der Waals surface area contributed by atoms with Crippen LogP contribution in [0.25, 0.3) is 0 Å². The molecule has 0 fully saturated rings. The largest absolute Gasteiger partial charge is 0.388 e. The fraction of sp³-hybridized carbons (Fsp3) is 0.143. The van der Waals surface area contributed by atoms with Crippen LogP contribution in [0.5, 0.6) is 0 Å². The maximum atomic E-state index is 3.52. The van der Waals surface area contributed by atoms with Crippen molar-refractivity contribution in [1.82, 2.24) is 0 Å². The maximum absolute atomic E-state index is 3.52. The van der Waals surface area contributed by atoms with Crippen LogP contribution in [0.15, 0.2) is 53.0 Å². The molecule has 2 N–H and O–H groups in total. The standard InChI is InChI=1S/C14H15BrN2/c1-16-12-6-4-5-11(9-12)10-17-14-8-3-2-7-13(14)15/h2-9,16-17H,10H2,1H3. The van der Waals surface area contributed by atoms with E-state index in [1.807, 2.05) is 25.2 Å². The lowest BCUT2D eigenvalue weighted by atomic mass is 10.2. The normalized spacial score (nSPS) is 10.0. The number of benzene rings is 2. The molecule has 0 spiro atoms. The first-order valence-electron chi connectivity index (χ1n) is 5.54. The number of nitrogens with one attached hydrogen (secondary N) is 2. The summed E-state index contributed by atoms with van der Waals surface area (Å²) in [6.45, 7) is 0.818. The molecular formula is C14H15BrN2. The second-order valence-corrected chi connectivity index (χ2v) is 4.64. The van der Waals surface area contributed by atoms with Crippen LogP contribution in [0.3, 0.4) is 0 Å². The van der Waals surface area contributed by atoms with Crippen molar-refractivity contribution in [3.8, 4) is 0 Å². The minimum atomic E-state index is 0.818. The van der Waals surface area contributed by atoms with Gasteiger partial charge in [-0.2, -0.15) is 0 Å². The Balaban J connectivity index is 2.05. The lowest BCUT2D eigenvalue weighted by molar-refractivity contribution is 1.15. The van der Waals surface area contributed by atoms with Crippen LogP contribution in [-0.2, 0) is 6.54 Å². The zero-order valence-corrected chi connectivity index (χ0v) is 11.3. The number of anilines is 2. The van der Waals surface area contributed by atoms with Gasteiger partial charge in [-0.1, -0.05) is 24.3 Å². The minimum Gasteiger partial charge on any atom is -0.388 e. The molecule has 2 aromatic carbocycles. The van der Waals surface area contributed by atoms with Gasteiger partial charge in [-0.05, 0) is 45.8 Å². The molecule has 0 aromatic heterocycles. The van der Waals surface area contributed by atoms with Gasteiger partial charge in [-0.25, -0.2) is 0 Å². The highest BCUT2D eigenvalue weighted by atomic mass is 79.9. The zero-order chi connectivity index (χ0) is 12.1. The van der Waals surface area contributed by atoms with Gasteiger partial charge in [0, 0.05) is 29.4 Å². The van der Waals surface area contributed by atoms with Crippen molar-refractivity contribution in [3.05, 3.63) is 58.6 Å². The average molecular weight is 291 g/mol. The molecule has 0 saturated carbocycles. The van der Waals surface area contributed by atoms with Gasteiger partial charge in [-0.15, -0.1) is 0 Å². The number of halogens is 1. The quantitative estimate of drug-likeness (QED) is 0.886. The lowest BCUT2D eigenvalue weighted by Crippen LogP contribution is -2.00. The van der Waals surface area contributed by atoms with E-state index < -0.39 is 0 Å². The van der Waals surface area contributed by atoms with Crippen LogP contribution in [0.4, 0.5) is 11.4 Å². The van der Waals surface area contributed by atoms with Crippen molar-refractivity contribution in [1.29, 1.82) is 0 Å². The lowest BCUT2D eigenvalue weighted by Gasteiger charge is -2.09. The summed E-state index contributed by atoms with van der Waals surface area (Å²) >= 11 is 3.52. The number of hydrogen-bond acceptors (Lipinski definition) is 2. The van der Waals surface area contributed by atoms with Gasteiger partial charge in [0.2, 0.25) is 0 Å². The Morgan fingerprint density at radius 1 is 1.06 bits per heavy atom. The Labute approximate surface area is 110 Å². The third-order valence-electron chi connectivity index (χ3n) is 2.57. The average Bonchev–Trinajstić information content (AvgIpc) is 2.38. The fourth-order valence-electron chi connectivity index (χ4n) is 1.64. The van der Waals surface area contributed by atoms with E-state index in [1.165, 1.54) is 5.56 Å². The van der Waals surface area contributed by atoms with E-state index in [2.05, 4.69) is 56.9 Å². The highest BCUT2D eigenvalue weighted by Crippen LogP contribution is 2.22. The van der Waals surface area contributed by atoms with Crippen LogP contribution in [-0.4, -0.2) is 7.05 Å². The molecule has 0 aliphatic rings. The highest BCUT2D eigenvalue weighted by Gasteiger charge is 1.98. The minimum absolute atomic E-state index is 0.818. The van der Waals surface area contributed by atoms with Gasteiger partial charge in [-0.3, -0.25) is 0 Å². The van der Waals surface area contributed by atoms with E-state index in [-0.39, 0.29) is 0 Å². The van der Waals surface area contributed by atoms with E-state index in [0.29, 0.717) is 0 Å². The second-order valence-electron chi connectivity index (χ2n) is 3.78. The summed E-state index contributed by atoms with van der Waals surface area (Å²) in [5, 5.41) is 6.55. The summed E-state index contributed by atoms with van der Waals surface area (Å²) in [5.74, 6) is 0.